The molecule has 2 N–H and O–H groups in total. The highest BCUT2D eigenvalue weighted by Gasteiger charge is 2.29. The first kappa shape index (κ1) is 16.6. The molecule has 6 heteroatoms. The number of carbonyl (C=O) groups excluding carboxylic acids is 1. The van der Waals surface area contributed by atoms with Gasteiger partial charge in [-0.1, -0.05) is 35.0 Å². The van der Waals surface area contributed by atoms with Crippen LogP contribution in [-0.4, -0.2) is 24.0 Å². The Hall–Kier alpha value is -1.24. The Bertz CT molecular complexity index is 681. The van der Waals surface area contributed by atoms with E-state index in [1.807, 2.05) is 43.5 Å². The number of benzene rings is 1. The van der Waals surface area contributed by atoms with E-state index in [0.717, 1.165) is 33.8 Å². The van der Waals surface area contributed by atoms with Crippen LogP contribution < -0.4 is 10.6 Å². The van der Waals surface area contributed by atoms with Gasteiger partial charge in [0, 0.05) is 21.3 Å². The fourth-order valence-corrected chi connectivity index (χ4v) is 3.62. The second-order valence-electron chi connectivity index (χ2n) is 6.02. The molecule has 23 heavy (non-hydrogen) atoms. The number of nitrogens with one attached hydrogen (secondary N) is 2. The molecule has 1 fully saturated rings. The van der Waals surface area contributed by atoms with Crippen LogP contribution in [0.2, 0.25) is 0 Å². The molecule has 0 spiro atoms. The van der Waals surface area contributed by atoms with E-state index in [0.29, 0.717) is 5.92 Å². The molecular weight excluding hydrogens is 374 g/mol. The van der Waals surface area contributed by atoms with Crippen molar-refractivity contribution in [1.82, 2.24) is 15.6 Å². The van der Waals surface area contributed by atoms with Gasteiger partial charge in [-0.05, 0) is 38.1 Å². The van der Waals surface area contributed by atoms with Crippen molar-refractivity contribution >= 4 is 33.2 Å². The van der Waals surface area contributed by atoms with E-state index in [4.69, 9.17) is 0 Å². The summed E-state index contributed by atoms with van der Waals surface area (Å²) >= 11 is 5.03. The van der Waals surface area contributed by atoms with Crippen molar-refractivity contribution < 1.29 is 4.79 Å². The van der Waals surface area contributed by atoms with Gasteiger partial charge in [0.15, 0.2) is 0 Å². The maximum Gasteiger partial charge on any atom is 0.223 e. The topological polar surface area (TPSA) is 54.0 Å². The van der Waals surface area contributed by atoms with Crippen LogP contribution in [0.3, 0.4) is 0 Å². The van der Waals surface area contributed by atoms with E-state index in [1.54, 1.807) is 11.3 Å². The number of hydrogen-bond donors (Lipinski definition) is 2. The second-order valence-corrected chi connectivity index (χ2v) is 7.82. The Kier molecular flexibility index (Phi) is 5.14. The third-order valence-electron chi connectivity index (χ3n) is 4.32. The van der Waals surface area contributed by atoms with Gasteiger partial charge >= 0.3 is 0 Å². The molecule has 1 saturated heterocycles. The van der Waals surface area contributed by atoms with E-state index in [-0.39, 0.29) is 17.9 Å². The SMILES string of the molecule is CC(NC(=O)C(C)C1CNC1)c1nc(-c2ccc(Br)cc2)cs1. The average molecular weight is 394 g/mol. The molecule has 0 saturated carbocycles. The summed E-state index contributed by atoms with van der Waals surface area (Å²) in [6.45, 7) is 5.87. The Morgan fingerprint density at radius 1 is 1.35 bits per heavy atom. The summed E-state index contributed by atoms with van der Waals surface area (Å²) in [4.78, 5) is 17.0. The number of amides is 1. The third kappa shape index (κ3) is 3.82. The van der Waals surface area contributed by atoms with Gasteiger partial charge in [0.2, 0.25) is 5.91 Å². The molecule has 2 aromatic rings. The Labute approximate surface area is 148 Å². The minimum absolute atomic E-state index is 0.0459. The lowest BCUT2D eigenvalue weighted by Gasteiger charge is -2.32. The van der Waals surface area contributed by atoms with Crippen molar-refractivity contribution in [2.75, 3.05) is 13.1 Å². The molecule has 1 aliphatic heterocycles. The highest BCUT2D eigenvalue weighted by Crippen LogP contribution is 2.27. The molecule has 2 atom stereocenters. The lowest BCUT2D eigenvalue weighted by molar-refractivity contribution is -0.127. The summed E-state index contributed by atoms with van der Waals surface area (Å²) in [6.07, 6.45) is 0. The van der Waals surface area contributed by atoms with E-state index in [9.17, 15) is 4.79 Å². The molecular formula is C17H20BrN3OS. The summed E-state index contributed by atoms with van der Waals surface area (Å²) in [6, 6.07) is 8.03. The summed E-state index contributed by atoms with van der Waals surface area (Å²) in [5.41, 5.74) is 2.04. The van der Waals surface area contributed by atoms with Crippen LogP contribution in [0.25, 0.3) is 11.3 Å². The number of rotatable bonds is 5. The van der Waals surface area contributed by atoms with E-state index >= 15 is 0 Å². The zero-order valence-electron chi connectivity index (χ0n) is 13.2. The first-order chi connectivity index (χ1) is 11.0. The van der Waals surface area contributed by atoms with Crippen molar-refractivity contribution in [3.05, 3.63) is 39.1 Å². The molecule has 1 aliphatic rings. The van der Waals surface area contributed by atoms with Crippen molar-refractivity contribution in [2.45, 2.75) is 19.9 Å². The lowest BCUT2D eigenvalue weighted by atomic mass is 9.88. The van der Waals surface area contributed by atoms with Crippen molar-refractivity contribution in [1.29, 1.82) is 0 Å². The van der Waals surface area contributed by atoms with Crippen molar-refractivity contribution in [2.24, 2.45) is 11.8 Å². The summed E-state index contributed by atoms with van der Waals surface area (Å²) in [5, 5.41) is 9.29. The fourth-order valence-electron chi connectivity index (χ4n) is 2.52. The molecule has 0 bridgehead atoms. The van der Waals surface area contributed by atoms with Crippen LogP contribution >= 0.6 is 27.3 Å². The molecule has 3 rings (SSSR count). The summed E-state index contributed by atoms with van der Waals surface area (Å²) in [7, 11) is 0. The maximum absolute atomic E-state index is 12.3. The fraction of sp³-hybridized carbons (Fsp3) is 0.412. The minimum atomic E-state index is -0.0628. The van der Waals surface area contributed by atoms with E-state index in [2.05, 4.69) is 31.5 Å². The van der Waals surface area contributed by atoms with Gasteiger partial charge in [0.1, 0.15) is 5.01 Å². The van der Waals surface area contributed by atoms with Gasteiger partial charge in [0.05, 0.1) is 11.7 Å². The van der Waals surface area contributed by atoms with Gasteiger partial charge in [-0.15, -0.1) is 11.3 Å². The Morgan fingerprint density at radius 3 is 2.65 bits per heavy atom. The van der Waals surface area contributed by atoms with Crippen molar-refractivity contribution in [3.63, 3.8) is 0 Å². The largest absolute Gasteiger partial charge is 0.347 e. The first-order valence-corrected chi connectivity index (χ1v) is 9.44. The molecule has 1 aromatic heterocycles. The number of halogens is 1. The quantitative estimate of drug-likeness (QED) is 0.815. The van der Waals surface area contributed by atoms with Gasteiger partial charge in [-0.25, -0.2) is 4.98 Å². The highest BCUT2D eigenvalue weighted by atomic mass is 79.9. The van der Waals surface area contributed by atoms with Crippen LogP contribution in [0.4, 0.5) is 0 Å². The smallest absolute Gasteiger partial charge is 0.223 e. The predicted octanol–water partition coefficient (Wildman–Crippen LogP) is 3.61. The number of hydrogen-bond acceptors (Lipinski definition) is 4. The van der Waals surface area contributed by atoms with E-state index in [1.165, 1.54) is 0 Å². The number of carbonyl (C=O) groups is 1. The zero-order chi connectivity index (χ0) is 16.4. The monoisotopic (exact) mass is 393 g/mol. The number of thiazole rings is 1. The summed E-state index contributed by atoms with van der Waals surface area (Å²) in [5.74, 6) is 0.616. The number of nitrogens with zero attached hydrogens (tertiary/aromatic N) is 1. The Morgan fingerprint density at radius 2 is 2.04 bits per heavy atom. The van der Waals surface area contributed by atoms with E-state index < -0.39 is 0 Å². The minimum Gasteiger partial charge on any atom is -0.347 e. The van der Waals surface area contributed by atoms with Crippen LogP contribution in [0, 0.1) is 11.8 Å². The number of aromatic nitrogens is 1. The van der Waals surface area contributed by atoms with Gasteiger partial charge in [-0.2, -0.15) is 0 Å². The first-order valence-electron chi connectivity index (χ1n) is 7.77. The molecule has 0 radical (unpaired) electrons. The molecule has 0 aliphatic carbocycles. The third-order valence-corrected chi connectivity index (χ3v) is 5.88. The standard InChI is InChI=1S/C17H20BrN3OS/c1-10(13-7-19-8-13)16(22)20-11(2)17-21-15(9-23-17)12-3-5-14(18)6-4-12/h3-6,9-11,13,19H,7-8H2,1-2H3,(H,20,22). The van der Waals surface area contributed by atoms with Crippen molar-refractivity contribution in [3.8, 4) is 11.3 Å². The lowest BCUT2D eigenvalue weighted by Crippen LogP contribution is -2.49. The van der Waals surface area contributed by atoms with Crippen LogP contribution in [-0.2, 0) is 4.79 Å². The molecule has 4 nitrogen and oxygen atoms in total. The normalized spacial score (nSPS) is 17.3. The summed E-state index contributed by atoms with van der Waals surface area (Å²) < 4.78 is 1.05. The zero-order valence-corrected chi connectivity index (χ0v) is 15.6. The molecule has 1 amide bonds. The van der Waals surface area contributed by atoms with Crippen LogP contribution in [0.5, 0.6) is 0 Å². The second kappa shape index (κ2) is 7.11. The van der Waals surface area contributed by atoms with Crippen LogP contribution in [0.15, 0.2) is 34.1 Å². The Balaban J connectivity index is 1.64. The van der Waals surface area contributed by atoms with Gasteiger partial charge in [-0.3, -0.25) is 4.79 Å². The highest BCUT2D eigenvalue weighted by molar-refractivity contribution is 9.10. The maximum atomic E-state index is 12.3. The molecule has 1 aromatic carbocycles. The van der Waals surface area contributed by atoms with Gasteiger partial charge < -0.3 is 10.6 Å². The molecule has 122 valence electrons. The molecule has 2 heterocycles. The van der Waals surface area contributed by atoms with Gasteiger partial charge in [0.25, 0.3) is 0 Å². The predicted molar refractivity (Wildman–Crippen MR) is 97.3 cm³/mol. The molecule has 2 unspecified atom stereocenters. The van der Waals surface area contributed by atoms with Crippen LogP contribution in [0.1, 0.15) is 24.9 Å². The average Bonchev–Trinajstić information content (AvgIpc) is 2.96.